The Balaban J connectivity index is 0.00000541. The number of hydrogen-bond acceptors (Lipinski definition) is 8. The van der Waals surface area contributed by atoms with Crippen LogP contribution in [0.4, 0.5) is 5.69 Å². The van der Waals surface area contributed by atoms with Gasteiger partial charge in [-0.15, -0.1) is 33.9 Å². The molecule has 0 saturated heterocycles. The van der Waals surface area contributed by atoms with E-state index >= 15 is 0 Å². The second kappa shape index (κ2) is 16.2. The number of nitrogens with one attached hydrogen (secondary N) is 2. The summed E-state index contributed by atoms with van der Waals surface area (Å²) in [6, 6.07) is 11.9. The van der Waals surface area contributed by atoms with Crippen molar-refractivity contribution in [3.8, 4) is 16.8 Å². The summed E-state index contributed by atoms with van der Waals surface area (Å²) in [7, 11) is 3.32. The van der Waals surface area contributed by atoms with E-state index in [1.807, 2.05) is 35.8 Å². The Morgan fingerprint density at radius 2 is 1.80 bits per heavy atom. The molecule has 0 spiro atoms. The lowest BCUT2D eigenvalue weighted by Gasteiger charge is -2.14. The molecule has 11 nitrogen and oxygen atoms in total. The number of amides is 3. The maximum Gasteiger partial charge on any atom is 0.254 e. The maximum absolute atomic E-state index is 13.2. The van der Waals surface area contributed by atoms with E-state index in [9.17, 15) is 14.4 Å². The summed E-state index contributed by atoms with van der Waals surface area (Å²) in [5.41, 5.74) is 10.7. The van der Waals surface area contributed by atoms with Gasteiger partial charge in [0.15, 0.2) is 5.82 Å². The van der Waals surface area contributed by atoms with Gasteiger partial charge in [0.25, 0.3) is 5.91 Å². The number of nitrogens with zero attached hydrogens (tertiary/aromatic N) is 5. The van der Waals surface area contributed by atoms with Crippen LogP contribution in [0.25, 0.3) is 5.00 Å². The van der Waals surface area contributed by atoms with Crippen molar-refractivity contribution >= 4 is 64.5 Å². The SMILES string of the molecule is Cc1sc2c(c1C)C(c1ccc(Cl)cc1)=N[C@@H](CC(=O)NCCCC(=O)Nc1ccc(C(=O)N(C)C)c(C#CCN)c1)c1nnc(C)n1-2.Cl. The van der Waals surface area contributed by atoms with Crippen LogP contribution in [0.15, 0.2) is 47.5 Å². The van der Waals surface area contributed by atoms with Crippen molar-refractivity contribution < 1.29 is 14.4 Å². The number of aliphatic imine (C=N–C) groups is 1. The molecule has 0 radical (unpaired) electrons. The molecule has 1 aliphatic rings. The van der Waals surface area contributed by atoms with Crippen LogP contribution >= 0.6 is 35.3 Å². The van der Waals surface area contributed by atoms with E-state index in [0.29, 0.717) is 46.5 Å². The largest absolute Gasteiger partial charge is 0.356 e. The molecule has 5 rings (SSSR count). The quantitative estimate of drug-likeness (QED) is 0.161. The van der Waals surface area contributed by atoms with E-state index in [1.165, 1.54) is 4.90 Å². The molecule has 4 N–H and O–H groups in total. The first-order chi connectivity index (χ1) is 23.0. The van der Waals surface area contributed by atoms with E-state index < -0.39 is 6.04 Å². The molecule has 3 heterocycles. The van der Waals surface area contributed by atoms with Crippen molar-refractivity contribution in [1.82, 2.24) is 25.0 Å². The summed E-state index contributed by atoms with van der Waals surface area (Å²) >= 11 is 7.85. The minimum Gasteiger partial charge on any atom is -0.356 e. The van der Waals surface area contributed by atoms with Crippen molar-refractivity contribution in [2.75, 3.05) is 32.5 Å². The van der Waals surface area contributed by atoms with Crippen LogP contribution in [-0.4, -0.2) is 70.3 Å². The topological polar surface area (TPSA) is 148 Å². The highest BCUT2D eigenvalue weighted by molar-refractivity contribution is 7.15. The van der Waals surface area contributed by atoms with E-state index in [4.69, 9.17) is 22.3 Å². The number of rotatable bonds is 9. The summed E-state index contributed by atoms with van der Waals surface area (Å²) < 4.78 is 2.00. The molecule has 0 bridgehead atoms. The number of carbonyl (C=O) groups excluding carboxylic acids is 3. The number of benzene rings is 2. The van der Waals surface area contributed by atoms with Crippen molar-refractivity contribution in [3.63, 3.8) is 0 Å². The van der Waals surface area contributed by atoms with Gasteiger partial charge >= 0.3 is 0 Å². The number of nitrogens with two attached hydrogens (primary N) is 1. The van der Waals surface area contributed by atoms with Gasteiger partial charge in [0.2, 0.25) is 11.8 Å². The van der Waals surface area contributed by atoms with Crippen molar-refractivity contribution in [1.29, 1.82) is 0 Å². The van der Waals surface area contributed by atoms with Crippen LogP contribution in [0, 0.1) is 32.6 Å². The lowest BCUT2D eigenvalue weighted by Crippen LogP contribution is -2.27. The smallest absolute Gasteiger partial charge is 0.254 e. The van der Waals surface area contributed by atoms with Gasteiger partial charge in [-0.2, -0.15) is 0 Å². The van der Waals surface area contributed by atoms with E-state index in [2.05, 4.69) is 46.5 Å². The van der Waals surface area contributed by atoms with Crippen molar-refractivity contribution in [3.05, 3.63) is 91.8 Å². The fraction of sp³-hybridized carbons (Fsp3) is 0.314. The van der Waals surface area contributed by atoms with E-state index in [0.717, 1.165) is 32.3 Å². The molecular formula is C35H38Cl2N8O3S. The first kappa shape index (κ1) is 37.3. The number of thiophene rings is 1. The predicted octanol–water partition coefficient (Wildman–Crippen LogP) is 5.16. The zero-order valence-electron chi connectivity index (χ0n) is 27.9. The molecule has 3 amide bonds. The third kappa shape index (κ3) is 8.37. The van der Waals surface area contributed by atoms with Crippen LogP contribution in [0.3, 0.4) is 0 Å². The highest BCUT2D eigenvalue weighted by Crippen LogP contribution is 2.39. The van der Waals surface area contributed by atoms with Gasteiger partial charge in [-0.3, -0.25) is 23.9 Å². The Hall–Kier alpha value is -4.54. The van der Waals surface area contributed by atoms with E-state index in [-0.39, 0.29) is 49.5 Å². The highest BCUT2D eigenvalue weighted by Gasteiger charge is 2.32. The van der Waals surface area contributed by atoms with Crippen LogP contribution < -0.4 is 16.4 Å². The standard InChI is InChI=1S/C35H37ClN8O3S.ClH/c1-20-21(2)48-35-31(20)32(23-10-12-25(36)13-11-23)40-28(33-42-41-22(3)44(33)35)19-30(46)38-17-7-9-29(45)39-26-14-15-27(34(47)43(4)5)24(18-26)8-6-16-37;/h10-15,18,28H,7,9,16-17,19,37H2,1-5H3,(H,38,46)(H,39,45);1H/t28-;/m0./s1. The minimum absolute atomic E-state index is 0. The number of halogens is 2. The van der Waals surface area contributed by atoms with Crippen LogP contribution in [-0.2, 0) is 9.59 Å². The third-order valence-corrected chi connectivity index (χ3v) is 9.35. The molecule has 49 heavy (non-hydrogen) atoms. The zero-order chi connectivity index (χ0) is 34.5. The van der Waals surface area contributed by atoms with Gasteiger partial charge < -0.3 is 21.3 Å². The zero-order valence-corrected chi connectivity index (χ0v) is 30.3. The summed E-state index contributed by atoms with van der Waals surface area (Å²) in [6.07, 6.45) is 0.653. The molecule has 4 aromatic rings. The summed E-state index contributed by atoms with van der Waals surface area (Å²) in [4.78, 5) is 46.3. The van der Waals surface area contributed by atoms with Gasteiger partial charge in [-0.1, -0.05) is 35.6 Å². The Bertz CT molecular complexity index is 1970. The fourth-order valence-electron chi connectivity index (χ4n) is 5.38. The molecule has 256 valence electrons. The van der Waals surface area contributed by atoms with E-state index in [1.54, 1.807) is 43.6 Å². The lowest BCUT2D eigenvalue weighted by atomic mass is 9.99. The first-order valence-electron chi connectivity index (χ1n) is 15.5. The average Bonchev–Trinajstić information content (AvgIpc) is 3.53. The van der Waals surface area contributed by atoms with Gasteiger partial charge in [0, 0.05) is 59.3 Å². The minimum atomic E-state index is -0.585. The molecule has 0 fully saturated rings. The highest BCUT2D eigenvalue weighted by atomic mass is 35.5. The first-order valence-corrected chi connectivity index (χ1v) is 16.7. The Labute approximate surface area is 300 Å². The van der Waals surface area contributed by atoms with Crippen LogP contribution in [0.1, 0.15) is 74.4 Å². The lowest BCUT2D eigenvalue weighted by molar-refractivity contribution is -0.122. The van der Waals surface area contributed by atoms with Crippen molar-refractivity contribution in [2.45, 2.75) is 46.1 Å². The number of fused-ring (bicyclic) bond motifs is 3. The number of aromatic nitrogens is 3. The fourth-order valence-corrected chi connectivity index (χ4v) is 6.72. The summed E-state index contributed by atoms with van der Waals surface area (Å²) in [5.74, 6) is 6.35. The molecule has 0 saturated carbocycles. The summed E-state index contributed by atoms with van der Waals surface area (Å²) in [6.45, 7) is 6.50. The Kier molecular flexibility index (Phi) is 12.4. The monoisotopic (exact) mass is 720 g/mol. The van der Waals surface area contributed by atoms with Gasteiger partial charge in [-0.05, 0) is 63.1 Å². The van der Waals surface area contributed by atoms with Gasteiger partial charge in [-0.25, -0.2) is 0 Å². The van der Waals surface area contributed by atoms with Crippen molar-refractivity contribution in [2.24, 2.45) is 10.7 Å². The summed E-state index contributed by atoms with van der Waals surface area (Å²) in [5, 5.41) is 16.2. The van der Waals surface area contributed by atoms with Crippen LogP contribution in [0.5, 0.6) is 0 Å². The molecule has 2 aromatic carbocycles. The normalized spacial score (nSPS) is 13.0. The van der Waals surface area contributed by atoms with Gasteiger partial charge in [0.1, 0.15) is 16.9 Å². The van der Waals surface area contributed by atoms with Gasteiger partial charge in [0.05, 0.1) is 24.2 Å². The molecule has 1 aliphatic heterocycles. The molecular weight excluding hydrogens is 683 g/mol. The Morgan fingerprint density at radius 1 is 1.06 bits per heavy atom. The number of anilines is 1. The molecule has 0 aliphatic carbocycles. The number of hydrogen-bond donors (Lipinski definition) is 3. The average molecular weight is 722 g/mol. The van der Waals surface area contributed by atoms with Crippen LogP contribution in [0.2, 0.25) is 5.02 Å². The molecule has 14 heteroatoms. The second-order valence-corrected chi connectivity index (χ2v) is 13.2. The number of carbonyl (C=O) groups is 3. The predicted molar refractivity (Wildman–Crippen MR) is 196 cm³/mol. The molecule has 2 aromatic heterocycles. The molecule has 0 unspecified atom stereocenters. The second-order valence-electron chi connectivity index (χ2n) is 11.6. The number of aryl methyl sites for hydroxylation is 2. The Morgan fingerprint density at radius 3 is 2.49 bits per heavy atom. The molecule has 1 atom stereocenters. The third-order valence-electron chi connectivity index (χ3n) is 7.90. The maximum atomic E-state index is 13.2.